The quantitative estimate of drug-likeness (QED) is 0.377. The number of aliphatic carboxylic acids is 1. The van der Waals surface area contributed by atoms with E-state index in [1.807, 2.05) is 6.07 Å². The number of carbonyl (C=O) groups excluding carboxylic acids is 3. The van der Waals surface area contributed by atoms with E-state index in [-0.39, 0.29) is 26.0 Å². The fraction of sp³-hybridized carbons (Fsp3) is 0.583. The summed E-state index contributed by atoms with van der Waals surface area (Å²) in [6, 6.07) is 8.95. The van der Waals surface area contributed by atoms with Crippen molar-refractivity contribution in [2.75, 3.05) is 6.54 Å². The van der Waals surface area contributed by atoms with Crippen molar-refractivity contribution in [2.24, 2.45) is 0 Å². The van der Waals surface area contributed by atoms with Crippen LogP contribution < -0.4 is 16.0 Å². The molecule has 0 radical (unpaired) electrons. The zero-order valence-electron chi connectivity index (χ0n) is 20.8. The lowest BCUT2D eigenvalue weighted by Crippen LogP contribution is -2.62. The molecule has 1 aromatic rings. The lowest BCUT2D eigenvalue weighted by molar-refractivity contribution is -0.143. The van der Waals surface area contributed by atoms with Gasteiger partial charge >= 0.3 is 18.2 Å². The van der Waals surface area contributed by atoms with E-state index in [1.165, 1.54) is 0 Å². The minimum absolute atomic E-state index is 0.0447. The number of carboxylic acids is 1. The molecule has 0 aromatic heterocycles. The summed E-state index contributed by atoms with van der Waals surface area (Å²) in [6.45, 7) is 10.5. The molecule has 0 heterocycles. The van der Waals surface area contributed by atoms with Gasteiger partial charge in [-0.05, 0) is 59.9 Å². The van der Waals surface area contributed by atoms with Crippen molar-refractivity contribution < 1.29 is 33.8 Å². The first-order valence-corrected chi connectivity index (χ1v) is 11.1. The lowest BCUT2D eigenvalue weighted by atomic mass is 9.87. The molecule has 1 aromatic carbocycles. The van der Waals surface area contributed by atoms with Gasteiger partial charge in [0.1, 0.15) is 17.7 Å². The second kappa shape index (κ2) is 12.2. The number of ether oxygens (including phenoxy) is 2. The van der Waals surface area contributed by atoms with Gasteiger partial charge in [-0.25, -0.2) is 9.59 Å². The molecule has 4 N–H and O–H groups in total. The normalized spacial score (nSPS) is 13.2. The van der Waals surface area contributed by atoms with Gasteiger partial charge in [0.15, 0.2) is 0 Å². The molecule has 0 fully saturated rings. The Morgan fingerprint density at radius 2 is 1.53 bits per heavy atom. The van der Waals surface area contributed by atoms with Crippen molar-refractivity contribution in [3.8, 4) is 0 Å². The van der Waals surface area contributed by atoms with Gasteiger partial charge in [-0.2, -0.15) is 0 Å². The summed E-state index contributed by atoms with van der Waals surface area (Å²) < 4.78 is 10.4. The van der Waals surface area contributed by atoms with Gasteiger partial charge in [0.25, 0.3) is 0 Å². The van der Waals surface area contributed by atoms with Gasteiger partial charge in [0.2, 0.25) is 5.91 Å². The first-order valence-electron chi connectivity index (χ1n) is 11.1. The zero-order chi connectivity index (χ0) is 26.0. The number of benzene rings is 1. The maximum absolute atomic E-state index is 13.2. The Morgan fingerprint density at radius 3 is 2.06 bits per heavy atom. The van der Waals surface area contributed by atoms with Crippen LogP contribution in [0, 0.1) is 0 Å². The van der Waals surface area contributed by atoms with E-state index >= 15 is 0 Å². The molecule has 0 aliphatic carbocycles. The van der Waals surface area contributed by atoms with Gasteiger partial charge < -0.3 is 30.5 Å². The maximum Gasteiger partial charge on any atom is 0.408 e. The molecule has 0 unspecified atom stereocenters. The highest BCUT2D eigenvalue weighted by atomic mass is 16.6. The van der Waals surface area contributed by atoms with Crippen LogP contribution in [-0.2, 0) is 25.7 Å². The van der Waals surface area contributed by atoms with Gasteiger partial charge in [-0.15, -0.1) is 0 Å². The summed E-state index contributed by atoms with van der Waals surface area (Å²) in [5.41, 5.74) is -2.40. The molecule has 190 valence electrons. The third-order valence-electron chi connectivity index (χ3n) is 4.38. The minimum Gasteiger partial charge on any atom is -0.481 e. The predicted octanol–water partition coefficient (Wildman–Crippen LogP) is 3.35. The Balaban J connectivity index is 2.96. The first kappa shape index (κ1) is 28.7. The highest BCUT2D eigenvalue weighted by Crippen LogP contribution is 2.21. The minimum atomic E-state index is -1.79. The molecule has 34 heavy (non-hydrogen) atoms. The van der Waals surface area contributed by atoms with Crippen LogP contribution in [0.25, 0.3) is 0 Å². The summed E-state index contributed by atoms with van der Waals surface area (Å²) >= 11 is 0. The molecule has 0 saturated heterocycles. The SMILES string of the molecule is CC(C)(C)NC(=O)[C@](CCCNC(=O)OC(C)(C)C)(CC(=O)O)NC(=O)OCc1ccccc1. The van der Waals surface area contributed by atoms with E-state index in [9.17, 15) is 24.3 Å². The highest BCUT2D eigenvalue weighted by molar-refractivity contribution is 5.93. The van der Waals surface area contributed by atoms with E-state index in [4.69, 9.17) is 9.47 Å². The second-order valence-corrected chi connectivity index (χ2v) is 10.1. The Morgan fingerprint density at radius 1 is 0.912 bits per heavy atom. The largest absolute Gasteiger partial charge is 0.481 e. The van der Waals surface area contributed by atoms with Gasteiger partial charge in [0.05, 0.1) is 6.42 Å². The molecule has 0 saturated carbocycles. The van der Waals surface area contributed by atoms with Crippen molar-refractivity contribution in [1.29, 1.82) is 0 Å². The number of hydrogen-bond donors (Lipinski definition) is 4. The molecule has 0 aliphatic heterocycles. The predicted molar refractivity (Wildman–Crippen MR) is 126 cm³/mol. The van der Waals surface area contributed by atoms with Gasteiger partial charge in [-0.3, -0.25) is 9.59 Å². The Kier molecular flexibility index (Phi) is 10.3. The summed E-state index contributed by atoms with van der Waals surface area (Å²) in [5.74, 6) is -1.93. The number of nitrogens with one attached hydrogen (secondary N) is 3. The van der Waals surface area contributed by atoms with Crippen LogP contribution in [0.2, 0.25) is 0 Å². The number of rotatable bonds is 10. The molecule has 0 bridgehead atoms. The molecule has 0 spiro atoms. The van der Waals surface area contributed by atoms with E-state index in [0.717, 1.165) is 5.56 Å². The summed E-state index contributed by atoms with van der Waals surface area (Å²) in [5, 5.41) is 17.3. The van der Waals surface area contributed by atoms with Gasteiger partial charge in [0, 0.05) is 12.1 Å². The van der Waals surface area contributed by atoms with Crippen LogP contribution in [0.3, 0.4) is 0 Å². The Labute approximate surface area is 200 Å². The molecule has 1 atom stereocenters. The summed E-state index contributed by atoms with van der Waals surface area (Å²) in [4.78, 5) is 49.3. The molecule has 0 aliphatic rings. The molecule has 1 rings (SSSR count). The molecule has 3 amide bonds. The fourth-order valence-corrected chi connectivity index (χ4v) is 3.01. The van der Waals surface area contributed by atoms with Crippen LogP contribution in [0.4, 0.5) is 9.59 Å². The van der Waals surface area contributed by atoms with Crippen molar-refractivity contribution in [1.82, 2.24) is 16.0 Å². The van der Waals surface area contributed by atoms with Crippen molar-refractivity contribution in [2.45, 2.75) is 84.1 Å². The lowest BCUT2D eigenvalue weighted by Gasteiger charge is -2.35. The van der Waals surface area contributed by atoms with Crippen molar-refractivity contribution in [3.63, 3.8) is 0 Å². The van der Waals surface area contributed by atoms with Crippen LogP contribution in [0.5, 0.6) is 0 Å². The van der Waals surface area contributed by atoms with Crippen molar-refractivity contribution in [3.05, 3.63) is 35.9 Å². The van der Waals surface area contributed by atoms with Crippen LogP contribution >= 0.6 is 0 Å². The Bertz CT molecular complexity index is 844. The first-order chi connectivity index (χ1) is 15.6. The van der Waals surface area contributed by atoms with E-state index in [0.29, 0.717) is 0 Å². The van der Waals surface area contributed by atoms with Gasteiger partial charge in [-0.1, -0.05) is 30.3 Å². The van der Waals surface area contributed by atoms with Crippen molar-refractivity contribution >= 4 is 24.1 Å². The van der Waals surface area contributed by atoms with Crippen LogP contribution in [-0.4, -0.2) is 52.4 Å². The number of carboxylic acid groups (broad SMARTS) is 1. The number of amides is 3. The molecular weight excluding hydrogens is 442 g/mol. The summed E-state index contributed by atoms with van der Waals surface area (Å²) in [7, 11) is 0. The maximum atomic E-state index is 13.2. The van der Waals surface area contributed by atoms with E-state index < -0.39 is 47.2 Å². The topological polar surface area (TPSA) is 143 Å². The highest BCUT2D eigenvalue weighted by Gasteiger charge is 2.43. The molecule has 10 heteroatoms. The second-order valence-electron chi connectivity index (χ2n) is 10.1. The Hall–Kier alpha value is -3.30. The summed E-state index contributed by atoms with van der Waals surface area (Å²) in [6.07, 6.45) is -2.08. The van der Waals surface area contributed by atoms with E-state index in [2.05, 4.69) is 16.0 Å². The third-order valence-corrected chi connectivity index (χ3v) is 4.38. The van der Waals surface area contributed by atoms with Crippen LogP contribution in [0.1, 0.15) is 66.4 Å². The zero-order valence-corrected chi connectivity index (χ0v) is 20.8. The monoisotopic (exact) mass is 479 g/mol. The smallest absolute Gasteiger partial charge is 0.408 e. The fourth-order valence-electron chi connectivity index (χ4n) is 3.01. The van der Waals surface area contributed by atoms with Crippen LogP contribution in [0.15, 0.2) is 30.3 Å². The average Bonchev–Trinajstić information content (AvgIpc) is 2.67. The number of hydrogen-bond acceptors (Lipinski definition) is 6. The molecular formula is C24H37N3O7. The standard InChI is InChI=1S/C24H37N3O7/c1-22(2,3)26-19(30)24(15-18(28)29,13-10-14-25-20(31)34-23(4,5)6)27-21(32)33-16-17-11-8-7-9-12-17/h7-9,11-12H,10,13-16H2,1-6H3,(H,25,31)(H,26,30)(H,27,32)(H,28,29)/t24-/m0/s1. The number of carbonyl (C=O) groups is 4. The molecule has 10 nitrogen and oxygen atoms in total. The third kappa shape index (κ3) is 11.5. The average molecular weight is 480 g/mol. The number of alkyl carbamates (subject to hydrolysis) is 2. The van der Waals surface area contributed by atoms with E-state index in [1.54, 1.807) is 65.8 Å².